The fraction of sp³-hybridized carbons (Fsp3) is 0.423. The summed E-state index contributed by atoms with van der Waals surface area (Å²) in [7, 11) is 0. The van der Waals surface area contributed by atoms with E-state index in [0.717, 1.165) is 31.5 Å². The van der Waals surface area contributed by atoms with E-state index in [1.807, 2.05) is 17.0 Å². The van der Waals surface area contributed by atoms with Crippen molar-refractivity contribution in [2.45, 2.75) is 58.8 Å². The molecule has 0 spiro atoms. The van der Waals surface area contributed by atoms with Gasteiger partial charge in [0.1, 0.15) is 0 Å². The molecule has 1 fully saturated rings. The van der Waals surface area contributed by atoms with E-state index >= 15 is 0 Å². The number of nitrogens with zero attached hydrogens (tertiary/aromatic N) is 1. The van der Waals surface area contributed by atoms with Crippen LogP contribution in [0.3, 0.4) is 0 Å². The molecule has 29 heavy (non-hydrogen) atoms. The number of aryl methyl sites for hydroxylation is 2. The molecule has 3 nitrogen and oxygen atoms in total. The molecule has 0 atom stereocenters. The lowest BCUT2D eigenvalue weighted by Gasteiger charge is -2.32. The van der Waals surface area contributed by atoms with Gasteiger partial charge in [0.25, 0.3) is 5.91 Å². The van der Waals surface area contributed by atoms with Gasteiger partial charge in [0, 0.05) is 41.2 Å². The number of carbonyl (C=O) groups is 1. The van der Waals surface area contributed by atoms with E-state index in [4.69, 9.17) is 0 Å². The van der Waals surface area contributed by atoms with Crippen LogP contribution in [-0.2, 0) is 5.41 Å². The van der Waals surface area contributed by atoms with Crippen molar-refractivity contribution < 1.29 is 4.79 Å². The zero-order valence-electron chi connectivity index (χ0n) is 18.3. The molecule has 152 valence electrons. The summed E-state index contributed by atoms with van der Waals surface area (Å²) < 4.78 is 0. The van der Waals surface area contributed by atoms with Gasteiger partial charge in [-0.05, 0) is 67.5 Å². The summed E-state index contributed by atoms with van der Waals surface area (Å²) in [6, 6.07) is 14.8. The van der Waals surface area contributed by atoms with Gasteiger partial charge >= 0.3 is 0 Å². The Morgan fingerprint density at radius 1 is 1.00 bits per heavy atom. The predicted octanol–water partition coefficient (Wildman–Crippen LogP) is 6.10. The van der Waals surface area contributed by atoms with Crippen LogP contribution in [0.15, 0.2) is 42.5 Å². The first kappa shape index (κ1) is 19.8. The monoisotopic (exact) mass is 388 g/mol. The largest absolute Gasteiger partial charge is 0.358 e. The minimum atomic E-state index is 0.107. The Kier molecular flexibility index (Phi) is 5.02. The number of benzene rings is 2. The molecule has 3 aromatic rings. The number of nitrogens with one attached hydrogen (secondary N) is 1. The second kappa shape index (κ2) is 7.37. The van der Waals surface area contributed by atoms with Gasteiger partial charge < -0.3 is 9.88 Å². The lowest BCUT2D eigenvalue weighted by molar-refractivity contribution is 0.0712. The summed E-state index contributed by atoms with van der Waals surface area (Å²) in [5, 5.41) is 1.33. The van der Waals surface area contributed by atoms with Crippen molar-refractivity contribution in [1.29, 1.82) is 0 Å². The highest BCUT2D eigenvalue weighted by Gasteiger charge is 2.27. The molecule has 2 aromatic carbocycles. The van der Waals surface area contributed by atoms with Gasteiger partial charge in [-0.2, -0.15) is 0 Å². The molecule has 1 N–H and O–H groups in total. The fourth-order valence-electron chi connectivity index (χ4n) is 4.54. The Morgan fingerprint density at radius 3 is 2.28 bits per heavy atom. The van der Waals surface area contributed by atoms with Crippen LogP contribution >= 0.6 is 0 Å². The van der Waals surface area contributed by atoms with E-state index in [1.165, 1.54) is 33.3 Å². The predicted molar refractivity (Wildman–Crippen MR) is 121 cm³/mol. The third-order valence-electron chi connectivity index (χ3n) is 6.44. The average Bonchev–Trinajstić information content (AvgIpc) is 3.03. The molecule has 4 rings (SSSR count). The highest BCUT2D eigenvalue weighted by atomic mass is 16.2. The molecule has 0 unspecified atom stereocenters. The van der Waals surface area contributed by atoms with Crippen LogP contribution in [0.1, 0.15) is 72.3 Å². The number of fused-ring (bicyclic) bond motifs is 1. The van der Waals surface area contributed by atoms with Crippen LogP contribution in [0.4, 0.5) is 0 Å². The average molecular weight is 389 g/mol. The van der Waals surface area contributed by atoms with Crippen LogP contribution in [0.25, 0.3) is 10.9 Å². The normalized spacial score (nSPS) is 15.8. The topological polar surface area (TPSA) is 36.1 Å². The van der Waals surface area contributed by atoms with Gasteiger partial charge in [0.05, 0.1) is 0 Å². The van der Waals surface area contributed by atoms with E-state index < -0.39 is 0 Å². The molecule has 0 saturated carbocycles. The molecule has 1 aliphatic rings. The summed E-state index contributed by atoms with van der Waals surface area (Å²) in [5.41, 5.74) is 7.41. The number of aromatic nitrogens is 1. The third-order valence-corrected chi connectivity index (χ3v) is 6.44. The Hall–Kier alpha value is -2.55. The SMILES string of the molecule is Cc1ccc2[nH]c(C3CCN(C(=O)c4ccc(C(C)(C)C)cc4)CC3)c(C)c2c1. The lowest BCUT2D eigenvalue weighted by atomic mass is 9.86. The van der Waals surface area contributed by atoms with Crippen LogP contribution in [0.5, 0.6) is 0 Å². The quantitative estimate of drug-likeness (QED) is 0.565. The first-order valence-electron chi connectivity index (χ1n) is 10.7. The number of hydrogen-bond acceptors (Lipinski definition) is 1. The molecule has 0 bridgehead atoms. The smallest absolute Gasteiger partial charge is 0.253 e. The van der Waals surface area contributed by atoms with Gasteiger partial charge in [-0.1, -0.05) is 44.5 Å². The number of amides is 1. The van der Waals surface area contributed by atoms with E-state index in [0.29, 0.717) is 5.92 Å². The molecule has 1 aliphatic heterocycles. The van der Waals surface area contributed by atoms with Crippen LogP contribution in [-0.4, -0.2) is 28.9 Å². The first-order valence-corrected chi connectivity index (χ1v) is 10.7. The number of carbonyl (C=O) groups excluding carboxylic acids is 1. The molecular weight excluding hydrogens is 356 g/mol. The van der Waals surface area contributed by atoms with Crippen LogP contribution < -0.4 is 0 Å². The number of aromatic amines is 1. The minimum absolute atomic E-state index is 0.107. The number of hydrogen-bond donors (Lipinski definition) is 1. The molecule has 3 heteroatoms. The Labute approximate surface area is 174 Å². The number of likely N-dealkylation sites (tertiary alicyclic amines) is 1. The molecule has 2 heterocycles. The third kappa shape index (κ3) is 3.83. The molecular formula is C26H32N2O. The number of rotatable bonds is 2. The first-order chi connectivity index (χ1) is 13.7. The van der Waals surface area contributed by atoms with Gasteiger partial charge in [-0.25, -0.2) is 0 Å². The second-order valence-corrected chi connectivity index (χ2v) is 9.61. The minimum Gasteiger partial charge on any atom is -0.358 e. The Morgan fingerprint density at radius 2 is 1.66 bits per heavy atom. The Balaban J connectivity index is 1.45. The van der Waals surface area contributed by atoms with Gasteiger partial charge in [-0.15, -0.1) is 0 Å². The standard InChI is InChI=1S/C26H32N2O/c1-17-6-11-23-22(16-17)18(2)24(27-23)19-12-14-28(15-13-19)25(29)20-7-9-21(10-8-20)26(3,4)5/h6-11,16,19,27H,12-15H2,1-5H3. The number of piperidine rings is 1. The molecule has 1 aromatic heterocycles. The highest BCUT2D eigenvalue weighted by Crippen LogP contribution is 2.34. The summed E-state index contributed by atoms with van der Waals surface area (Å²) >= 11 is 0. The maximum absolute atomic E-state index is 13.0. The van der Waals surface area contributed by atoms with Crippen LogP contribution in [0.2, 0.25) is 0 Å². The zero-order chi connectivity index (χ0) is 20.8. The van der Waals surface area contributed by atoms with Crippen molar-refractivity contribution in [1.82, 2.24) is 9.88 Å². The van der Waals surface area contributed by atoms with Crippen molar-refractivity contribution >= 4 is 16.8 Å². The van der Waals surface area contributed by atoms with Crippen molar-refractivity contribution in [3.8, 4) is 0 Å². The number of H-pyrrole nitrogens is 1. The van der Waals surface area contributed by atoms with Gasteiger partial charge in [0.2, 0.25) is 0 Å². The van der Waals surface area contributed by atoms with Gasteiger partial charge in [0.15, 0.2) is 0 Å². The maximum Gasteiger partial charge on any atom is 0.253 e. The summed E-state index contributed by atoms with van der Waals surface area (Å²) in [4.78, 5) is 18.6. The van der Waals surface area contributed by atoms with Crippen molar-refractivity contribution in [2.75, 3.05) is 13.1 Å². The highest BCUT2D eigenvalue weighted by molar-refractivity contribution is 5.94. The van der Waals surface area contributed by atoms with Crippen LogP contribution in [0, 0.1) is 13.8 Å². The lowest BCUT2D eigenvalue weighted by Crippen LogP contribution is -2.38. The molecule has 0 radical (unpaired) electrons. The Bertz CT molecular complexity index is 1030. The van der Waals surface area contributed by atoms with E-state index in [1.54, 1.807) is 0 Å². The van der Waals surface area contributed by atoms with E-state index in [9.17, 15) is 4.79 Å². The zero-order valence-corrected chi connectivity index (χ0v) is 18.3. The second-order valence-electron chi connectivity index (χ2n) is 9.61. The summed E-state index contributed by atoms with van der Waals surface area (Å²) in [5.74, 6) is 0.655. The van der Waals surface area contributed by atoms with E-state index in [2.05, 4.69) is 69.9 Å². The van der Waals surface area contributed by atoms with E-state index in [-0.39, 0.29) is 11.3 Å². The molecule has 1 saturated heterocycles. The van der Waals surface area contributed by atoms with Crippen molar-refractivity contribution in [3.63, 3.8) is 0 Å². The van der Waals surface area contributed by atoms with Crippen molar-refractivity contribution in [3.05, 3.63) is 70.4 Å². The molecule has 1 amide bonds. The van der Waals surface area contributed by atoms with Gasteiger partial charge in [-0.3, -0.25) is 4.79 Å². The van der Waals surface area contributed by atoms with Crippen molar-refractivity contribution in [2.24, 2.45) is 0 Å². The fourth-order valence-corrected chi connectivity index (χ4v) is 4.54. The maximum atomic E-state index is 13.0. The summed E-state index contributed by atoms with van der Waals surface area (Å²) in [6.07, 6.45) is 2.02. The molecule has 0 aliphatic carbocycles. The summed E-state index contributed by atoms with van der Waals surface area (Å²) in [6.45, 7) is 12.6.